The molecule has 0 spiro atoms. The Hall–Kier alpha value is -2.39. The fourth-order valence-electron chi connectivity index (χ4n) is 2.35. The molecule has 0 bridgehead atoms. The van der Waals surface area contributed by atoms with E-state index in [2.05, 4.69) is 4.74 Å². The van der Waals surface area contributed by atoms with E-state index in [1.807, 2.05) is 0 Å². The van der Waals surface area contributed by atoms with Crippen molar-refractivity contribution >= 4 is 11.3 Å². The lowest BCUT2D eigenvalue weighted by Gasteiger charge is -2.40. The van der Waals surface area contributed by atoms with Crippen LogP contribution in [0.15, 0.2) is 10.8 Å². The summed E-state index contributed by atoms with van der Waals surface area (Å²) in [5.74, 6) is -47.6. The summed E-state index contributed by atoms with van der Waals surface area (Å²) in [6.07, 6.45) is -6.91. The van der Waals surface area contributed by atoms with Crippen molar-refractivity contribution in [3.05, 3.63) is 10.8 Å². The summed E-state index contributed by atoms with van der Waals surface area (Å²) >= 11 is 1.18. The van der Waals surface area contributed by atoms with Crippen LogP contribution in [0.1, 0.15) is 0 Å². The number of fused-ring (bicyclic) bond motifs is 1. The van der Waals surface area contributed by atoms with Crippen molar-refractivity contribution in [2.24, 2.45) is 5.92 Å². The van der Waals surface area contributed by atoms with Crippen LogP contribution >= 0.6 is 11.3 Å². The second kappa shape index (κ2) is 9.17. The number of hydrogen-bond acceptors (Lipinski definition) is 4. The molecule has 2 rings (SSSR count). The normalized spacial score (nSPS) is 16.8. The fourth-order valence-corrected chi connectivity index (χ4v) is 3.03. The average molecular weight is 578 g/mol. The van der Waals surface area contributed by atoms with Gasteiger partial charge in [0.2, 0.25) is 0 Å². The Morgan fingerprint density at radius 2 is 1.11 bits per heavy atom. The Kier molecular flexibility index (Phi) is 7.60. The van der Waals surface area contributed by atoms with Gasteiger partial charge < -0.3 is 14.2 Å². The summed E-state index contributed by atoms with van der Waals surface area (Å²) in [5.41, 5.74) is 0. The summed E-state index contributed by atoms with van der Waals surface area (Å²) < 4.78 is 211. The molecule has 0 saturated carbocycles. The van der Waals surface area contributed by atoms with Crippen molar-refractivity contribution in [2.45, 2.75) is 41.7 Å². The minimum absolute atomic E-state index is 0.0382. The lowest BCUT2D eigenvalue weighted by molar-refractivity contribution is -0.449. The van der Waals surface area contributed by atoms with Crippen LogP contribution < -0.4 is 9.47 Å². The molecule has 1 aliphatic heterocycles. The van der Waals surface area contributed by atoms with Gasteiger partial charge in [0.25, 0.3) is 0 Å². The van der Waals surface area contributed by atoms with Crippen molar-refractivity contribution in [3.63, 3.8) is 0 Å². The Balaban J connectivity index is 2.20. The highest BCUT2D eigenvalue weighted by atomic mass is 32.1. The first-order valence-corrected chi connectivity index (χ1v) is 9.78. The van der Waals surface area contributed by atoms with Crippen LogP contribution in [0.2, 0.25) is 0 Å². The smallest absolute Gasteiger partial charge is 0.460 e. The van der Waals surface area contributed by atoms with E-state index in [0.717, 1.165) is 6.11 Å². The van der Waals surface area contributed by atoms with Gasteiger partial charge in [0, 0.05) is 16.7 Å². The molecular weight excluding hydrogens is 569 g/mol. The number of alkyl halides is 15. The maximum absolute atomic E-state index is 13.6. The van der Waals surface area contributed by atoms with Crippen LogP contribution in [0, 0.1) is 17.9 Å². The minimum Gasteiger partial charge on any atom is -0.488 e. The number of hydrogen-bond donors (Lipinski definition) is 0. The molecule has 0 radical (unpaired) electrons. The molecule has 1 aromatic rings. The molecule has 0 aromatic carbocycles. The fraction of sp³-hybridized carbons (Fsp3) is 0.647. The van der Waals surface area contributed by atoms with Gasteiger partial charge in [-0.05, 0) is 0 Å². The quantitative estimate of drug-likeness (QED) is 0.274. The zero-order valence-electron chi connectivity index (χ0n) is 16.7. The van der Waals surface area contributed by atoms with E-state index < -0.39 is 54.2 Å². The first-order valence-electron chi connectivity index (χ1n) is 8.84. The molecular formula is C17H9F15O3S. The summed E-state index contributed by atoms with van der Waals surface area (Å²) in [4.78, 5) is 0. The van der Waals surface area contributed by atoms with E-state index in [4.69, 9.17) is 9.47 Å². The zero-order valence-corrected chi connectivity index (χ0v) is 17.5. The third-order valence-corrected chi connectivity index (χ3v) is 5.17. The lowest BCUT2D eigenvalue weighted by Crippen LogP contribution is -2.72. The molecule has 0 amide bonds. The molecule has 0 saturated heterocycles. The Bertz CT molecular complexity index is 967. The number of rotatable bonds is 7. The van der Waals surface area contributed by atoms with Crippen LogP contribution in [-0.4, -0.2) is 61.5 Å². The van der Waals surface area contributed by atoms with Gasteiger partial charge in [-0.3, -0.25) is 0 Å². The molecule has 0 fully saturated rings. The molecule has 19 heteroatoms. The summed E-state index contributed by atoms with van der Waals surface area (Å²) in [5, 5.41) is 3.01. The van der Waals surface area contributed by atoms with Crippen LogP contribution in [0.4, 0.5) is 65.9 Å². The molecule has 0 unspecified atom stereocenters. The third kappa shape index (κ3) is 4.67. The van der Waals surface area contributed by atoms with Gasteiger partial charge in [0.1, 0.15) is 12.7 Å². The predicted octanol–water partition coefficient (Wildman–Crippen LogP) is 6.49. The Morgan fingerprint density at radius 3 is 1.56 bits per heavy atom. The first kappa shape index (κ1) is 29.8. The molecule has 206 valence electrons. The molecule has 1 aromatic heterocycles. The second-order valence-corrected chi connectivity index (χ2v) is 7.81. The van der Waals surface area contributed by atoms with Crippen molar-refractivity contribution in [2.75, 3.05) is 19.8 Å². The summed E-state index contributed by atoms with van der Waals surface area (Å²) in [6.45, 7) is -1.19. The SMILES string of the molecule is FC(F)(F)C(F)(F)C(F)(F)C(F)(F)C(F)(F)C(F)(F)C(F)(F)C#COCC1COc2cscc2OC1. The maximum Gasteiger partial charge on any atom is 0.460 e. The topological polar surface area (TPSA) is 27.7 Å². The van der Waals surface area contributed by atoms with Gasteiger partial charge >= 0.3 is 41.7 Å². The highest BCUT2D eigenvalue weighted by Crippen LogP contribution is 2.62. The van der Waals surface area contributed by atoms with Crippen molar-refractivity contribution in [3.8, 4) is 23.5 Å². The monoisotopic (exact) mass is 578 g/mol. The molecule has 3 nitrogen and oxygen atoms in total. The first-order chi connectivity index (χ1) is 16.0. The maximum atomic E-state index is 13.6. The molecule has 0 atom stereocenters. The van der Waals surface area contributed by atoms with Crippen LogP contribution in [0.3, 0.4) is 0 Å². The predicted molar refractivity (Wildman–Crippen MR) is 88.3 cm³/mol. The van der Waals surface area contributed by atoms with Crippen LogP contribution in [0.5, 0.6) is 11.5 Å². The van der Waals surface area contributed by atoms with Crippen LogP contribution in [-0.2, 0) is 4.74 Å². The van der Waals surface area contributed by atoms with Gasteiger partial charge in [-0.2, -0.15) is 65.9 Å². The second-order valence-electron chi connectivity index (χ2n) is 7.07. The number of ether oxygens (including phenoxy) is 3. The Morgan fingerprint density at radius 1 is 0.694 bits per heavy atom. The highest BCUT2D eigenvalue weighted by Gasteiger charge is 2.93. The molecule has 2 heterocycles. The van der Waals surface area contributed by atoms with E-state index in [0.29, 0.717) is 0 Å². The van der Waals surface area contributed by atoms with E-state index >= 15 is 0 Å². The van der Waals surface area contributed by atoms with Gasteiger partial charge in [0.05, 0.1) is 19.1 Å². The zero-order chi connectivity index (χ0) is 28.0. The summed E-state index contributed by atoms with van der Waals surface area (Å²) in [7, 11) is 0. The van der Waals surface area contributed by atoms with Gasteiger partial charge in [0.15, 0.2) is 11.5 Å². The van der Waals surface area contributed by atoms with E-state index in [1.165, 1.54) is 22.1 Å². The standard InChI is InChI=1S/C17H9F15O3S/c18-11(19,1-2-33-3-8-4-34-9-6-36-7-10(9)35-5-8)12(20,21)13(22,23)14(24,25)15(26,27)16(28,29)17(30,31)32/h6-8H,3-5H2. The van der Waals surface area contributed by atoms with E-state index in [9.17, 15) is 65.9 Å². The van der Waals surface area contributed by atoms with E-state index in [1.54, 1.807) is 0 Å². The molecule has 36 heavy (non-hydrogen) atoms. The average Bonchev–Trinajstić information content (AvgIpc) is 3.09. The summed E-state index contributed by atoms with van der Waals surface area (Å²) in [6, 6.07) is 0. The van der Waals surface area contributed by atoms with E-state index in [-0.39, 0.29) is 30.6 Å². The van der Waals surface area contributed by atoms with Crippen molar-refractivity contribution in [1.29, 1.82) is 0 Å². The van der Waals surface area contributed by atoms with Gasteiger partial charge in [-0.15, -0.1) is 11.3 Å². The number of halogens is 15. The molecule has 1 aliphatic rings. The van der Waals surface area contributed by atoms with Gasteiger partial charge in [-0.25, -0.2) is 0 Å². The molecule has 0 aliphatic carbocycles. The highest BCUT2D eigenvalue weighted by molar-refractivity contribution is 7.08. The third-order valence-electron chi connectivity index (χ3n) is 4.47. The van der Waals surface area contributed by atoms with Crippen molar-refractivity contribution in [1.82, 2.24) is 0 Å². The minimum atomic E-state index is -8.36. The largest absolute Gasteiger partial charge is 0.488 e. The van der Waals surface area contributed by atoms with Crippen LogP contribution in [0.25, 0.3) is 0 Å². The lowest BCUT2D eigenvalue weighted by atomic mass is 9.91. The molecule has 0 N–H and O–H groups in total. The van der Waals surface area contributed by atoms with Gasteiger partial charge in [-0.1, -0.05) is 0 Å². The number of thiophene rings is 1. The van der Waals surface area contributed by atoms with Crippen molar-refractivity contribution < 1.29 is 80.1 Å². The Labute approximate surface area is 194 Å².